The normalized spacial score (nSPS) is 11.7. The van der Waals surface area contributed by atoms with Crippen molar-refractivity contribution in [3.05, 3.63) is 97.1 Å². The van der Waals surface area contributed by atoms with Gasteiger partial charge in [-0.2, -0.15) is 0 Å². The second-order valence-corrected chi connectivity index (χ2v) is 9.79. The first-order valence-corrected chi connectivity index (χ1v) is 13.0. The Labute approximate surface area is 254 Å². The molecular formula is C32H18N8Pu. The Kier molecular flexibility index (Phi) is 5.36. The third kappa shape index (κ3) is 3.65. The number of hydrogen-bond acceptors (Lipinski definition) is 6. The van der Waals surface area contributed by atoms with E-state index in [0.717, 1.165) is 43.8 Å². The van der Waals surface area contributed by atoms with Gasteiger partial charge in [0.25, 0.3) is 0 Å². The van der Waals surface area contributed by atoms with E-state index in [2.05, 4.69) is 9.97 Å². The molecule has 0 unspecified atom stereocenters. The first-order chi connectivity index (χ1) is 19.8. The van der Waals surface area contributed by atoms with Crippen molar-refractivity contribution in [1.82, 2.24) is 39.9 Å². The van der Waals surface area contributed by atoms with Gasteiger partial charge in [-0.25, -0.2) is 29.9 Å². The second kappa shape index (κ2) is 9.13. The molecule has 0 radical (unpaired) electrons. The summed E-state index contributed by atoms with van der Waals surface area (Å²) in [5.74, 6) is 2.39. The molecule has 0 fully saturated rings. The number of fused-ring (bicyclic) bond motifs is 20. The topological polar surface area (TPSA) is 109 Å². The van der Waals surface area contributed by atoms with Crippen LogP contribution in [0.25, 0.3) is 89.7 Å². The van der Waals surface area contributed by atoms with Crippen LogP contribution in [0.15, 0.2) is 97.1 Å². The van der Waals surface area contributed by atoms with Gasteiger partial charge in [-0.15, -0.1) is 0 Å². The molecule has 192 valence electrons. The number of aromatic nitrogens is 8. The molecule has 9 heteroatoms. The van der Waals surface area contributed by atoms with Crippen LogP contribution in [0.5, 0.6) is 0 Å². The van der Waals surface area contributed by atoms with Crippen LogP contribution in [0.2, 0.25) is 0 Å². The molecule has 0 saturated carbocycles. The van der Waals surface area contributed by atoms with Crippen molar-refractivity contribution in [2.24, 2.45) is 0 Å². The molecule has 7 aromatic rings. The summed E-state index contributed by atoms with van der Waals surface area (Å²) in [6, 6.07) is 32.2. The van der Waals surface area contributed by atoms with Crippen LogP contribution in [0.4, 0.5) is 0 Å². The molecule has 9 rings (SSSR count). The Morgan fingerprint density at radius 1 is 0.317 bits per heavy atom. The summed E-state index contributed by atoms with van der Waals surface area (Å²) in [6.07, 6.45) is 0. The third-order valence-corrected chi connectivity index (χ3v) is 7.46. The summed E-state index contributed by atoms with van der Waals surface area (Å²) >= 11 is 0. The number of benzene rings is 4. The van der Waals surface area contributed by atoms with Gasteiger partial charge < -0.3 is 9.97 Å². The minimum absolute atomic E-state index is 0. The van der Waals surface area contributed by atoms with E-state index in [1.54, 1.807) is 0 Å². The minimum Gasteiger partial charge on any atom is -0.324 e. The maximum Gasteiger partial charge on any atom is 0.164 e. The van der Waals surface area contributed by atoms with Crippen molar-refractivity contribution in [3.63, 3.8) is 0 Å². The monoisotopic (exact) mass is 752 g/mol. The molecule has 4 aromatic carbocycles. The van der Waals surface area contributed by atoms with Crippen LogP contribution in [-0.4, -0.2) is 39.9 Å². The van der Waals surface area contributed by atoms with E-state index in [4.69, 9.17) is 29.9 Å². The number of aromatic amines is 2. The van der Waals surface area contributed by atoms with E-state index in [9.17, 15) is 0 Å². The van der Waals surface area contributed by atoms with Gasteiger partial charge in [0.1, 0.15) is 22.6 Å². The van der Waals surface area contributed by atoms with Gasteiger partial charge in [-0.05, 0) is 0 Å². The van der Waals surface area contributed by atoms with Crippen LogP contribution in [0.3, 0.4) is 0 Å². The zero-order valence-electron chi connectivity index (χ0n) is 21.3. The van der Waals surface area contributed by atoms with Gasteiger partial charge >= 0.3 is 0 Å². The fourth-order valence-corrected chi connectivity index (χ4v) is 5.59. The molecule has 41 heavy (non-hydrogen) atoms. The van der Waals surface area contributed by atoms with Gasteiger partial charge in [-0.3, -0.25) is 0 Å². The summed E-state index contributed by atoms with van der Waals surface area (Å²) in [6.45, 7) is 0. The third-order valence-electron chi connectivity index (χ3n) is 7.46. The molecule has 8 nitrogen and oxygen atoms in total. The first kappa shape index (κ1) is 24.1. The number of H-pyrrole nitrogens is 2. The molecule has 3 aromatic heterocycles. The summed E-state index contributed by atoms with van der Waals surface area (Å²) < 4.78 is 0. The summed E-state index contributed by atoms with van der Waals surface area (Å²) in [5.41, 5.74) is 6.45. The fourth-order valence-electron chi connectivity index (χ4n) is 5.59. The number of hydrogen-bond donors (Lipinski definition) is 2. The number of nitrogens with zero attached hydrogens (tertiary/aromatic N) is 6. The van der Waals surface area contributed by atoms with E-state index >= 15 is 0 Å². The zero-order valence-corrected chi connectivity index (χ0v) is 24.7. The Balaban J connectivity index is 0.00000256. The van der Waals surface area contributed by atoms with Gasteiger partial charge in [-0.1, -0.05) is 97.1 Å². The number of rotatable bonds is 0. The van der Waals surface area contributed by atoms with Gasteiger partial charge in [0.2, 0.25) is 0 Å². The largest absolute Gasteiger partial charge is 0.324 e. The van der Waals surface area contributed by atoms with Crippen molar-refractivity contribution in [1.29, 1.82) is 0 Å². The summed E-state index contributed by atoms with van der Waals surface area (Å²) in [5, 5.41) is 3.82. The van der Waals surface area contributed by atoms with Gasteiger partial charge in [0.05, 0.1) is 0 Å². The molecule has 8 bridgehead atoms. The van der Waals surface area contributed by atoms with E-state index in [1.807, 2.05) is 97.1 Å². The predicted octanol–water partition coefficient (Wildman–Crippen LogP) is 6.87. The summed E-state index contributed by atoms with van der Waals surface area (Å²) in [7, 11) is 0. The van der Waals surface area contributed by atoms with Crippen LogP contribution in [-0.2, 0) is 0 Å². The Bertz CT molecular complexity index is 2030. The van der Waals surface area contributed by atoms with Gasteiger partial charge in [0, 0.05) is 73.0 Å². The number of nitrogens with one attached hydrogen (secondary N) is 2. The van der Waals surface area contributed by atoms with Crippen molar-refractivity contribution < 1.29 is 29.2 Å². The molecule has 0 aliphatic carbocycles. The van der Waals surface area contributed by atoms with E-state index < -0.39 is 0 Å². The van der Waals surface area contributed by atoms with Crippen molar-refractivity contribution >= 4 is 44.1 Å². The first-order valence-electron chi connectivity index (χ1n) is 13.0. The van der Waals surface area contributed by atoms with Crippen molar-refractivity contribution in [3.8, 4) is 45.6 Å². The van der Waals surface area contributed by atoms with E-state index in [-0.39, 0.29) is 29.2 Å². The molecule has 2 N–H and O–H groups in total. The molecule has 0 saturated heterocycles. The fraction of sp³-hybridized carbons (Fsp3) is 0. The Morgan fingerprint density at radius 3 is 0.829 bits per heavy atom. The second-order valence-electron chi connectivity index (χ2n) is 9.79. The van der Waals surface area contributed by atoms with E-state index in [0.29, 0.717) is 45.9 Å². The van der Waals surface area contributed by atoms with Gasteiger partial charge in [0.15, 0.2) is 23.3 Å². The van der Waals surface area contributed by atoms with Crippen molar-refractivity contribution in [2.45, 2.75) is 0 Å². The Hall–Kier alpha value is -4.77. The van der Waals surface area contributed by atoms with Crippen LogP contribution in [0.1, 0.15) is 0 Å². The van der Waals surface area contributed by atoms with Crippen LogP contribution in [0, 0.1) is 29.2 Å². The van der Waals surface area contributed by atoms with Crippen LogP contribution < -0.4 is 0 Å². The quantitative estimate of drug-likeness (QED) is 0.175. The Morgan fingerprint density at radius 2 is 0.561 bits per heavy atom. The maximum absolute atomic E-state index is 5.02. The van der Waals surface area contributed by atoms with Crippen molar-refractivity contribution in [2.75, 3.05) is 0 Å². The maximum atomic E-state index is 5.02. The molecule has 2 aliphatic heterocycles. The SMILES string of the molecule is [Pu].c1ccc2c(c1)-c1nc-2nc2[nH]c(nc3nc(nc4[nH]c(n1)c1ccccc41)-c1ccccc1-3)c1ccccc21. The molecule has 0 amide bonds. The predicted molar refractivity (Wildman–Crippen MR) is 156 cm³/mol. The van der Waals surface area contributed by atoms with Crippen LogP contribution >= 0.6 is 0 Å². The molecule has 0 atom stereocenters. The minimum atomic E-state index is 0. The smallest absolute Gasteiger partial charge is 0.164 e. The average Bonchev–Trinajstić information content (AvgIpc) is 3.73. The average molecular weight is 759 g/mol. The molecular weight excluding hydrogens is 740 g/mol. The summed E-state index contributed by atoms with van der Waals surface area (Å²) in [4.78, 5) is 36.8. The zero-order chi connectivity index (χ0) is 26.2. The molecule has 0 spiro atoms. The standard InChI is InChI=1S/C32H18N8.Pu/c1-2-10-18-17(9-1)25-33-26(18)38-28-21-13-5-6-14-22(21)30(35-28)40-32-24-16-8-7-15-23(24)31(36-32)39-29-20-12-4-3-11-19(20)27(34-29)37-25;/h1-16H,(H2,33,34,35,36,37,38,39,40);. The van der Waals surface area contributed by atoms with E-state index in [1.165, 1.54) is 0 Å². The molecule has 2 aliphatic rings. The molecule has 5 heterocycles.